The van der Waals surface area contributed by atoms with E-state index in [1.165, 1.54) is 4.90 Å². The van der Waals surface area contributed by atoms with Gasteiger partial charge in [0.05, 0.1) is 48.1 Å². The third-order valence-electron chi connectivity index (χ3n) is 8.46. The van der Waals surface area contributed by atoms with E-state index in [9.17, 15) is 14.0 Å². The first-order valence-electron chi connectivity index (χ1n) is 14.3. The van der Waals surface area contributed by atoms with Crippen LogP contribution in [0.5, 0.6) is 5.75 Å². The van der Waals surface area contributed by atoms with Crippen molar-refractivity contribution in [2.45, 2.75) is 45.2 Å². The normalized spacial score (nSPS) is 20.4. The van der Waals surface area contributed by atoms with Crippen molar-refractivity contribution < 1.29 is 18.7 Å². The van der Waals surface area contributed by atoms with Gasteiger partial charge >= 0.3 is 0 Å². The van der Waals surface area contributed by atoms with Crippen LogP contribution in [0, 0.1) is 17.7 Å². The molecular formula is C30H31FN8O3. The lowest BCUT2D eigenvalue weighted by Crippen LogP contribution is -2.38. The molecule has 5 heterocycles. The molecule has 0 radical (unpaired) electrons. The molecule has 216 valence electrons. The Morgan fingerprint density at radius 1 is 1.19 bits per heavy atom. The molecule has 3 aromatic heterocycles. The quantitative estimate of drug-likeness (QED) is 0.345. The standard InChI is InChI=1S/C30H31FN8O3/c1-16-10-33-7-6-22(16)39-30-20(13-36-39)27(28(29(32)41)21(37-30)8-17-2-3-17)18-4-5-23-24(9-18)42-15-26(40)38(23)14-25-34-11-19(31)12-35-25/h4-5,9,11-13,16-17,22,33H,2-3,6-8,10,14-15H2,1H3,(H2,32,41)/t16-,22-/m1/s1. The van der Waals surface area contributed by atoms with E-state index in [2.05, 4.69) is 22.2 Å². The minimum atomic E-state index is -0.551. The van der Waals surface area contributed by atoms with E-state index in [-0.39, 0.29) is 25.1 Å². The number of hydrogen-bond donors (Lipinski definition) is 2. The van der Waals surface area contributed by atoms with Crippen molar-refractivity contribution in [1.29, 1.82) is 0 Å². The fraction of sp³-hybridized carbons (Fsp3) is 0.400. The number of hydrogen-bond acceptors (Lipinski definition) is 8. The highest BCUT2D eigenvalue weighted by molar-refractivity contribution is 6.09. The second-order valence-electron chi connectivity index (χ2n) is 11.5. The maximum absolute atomic E-state index is 13.3. The molecule has 3 aliphatic rings. The number of anilines is 1. The maximum atomic E-state index is 13.3. The van der Waals surface area contributed by atoms with Crippen LogP contribution in [0.1, 0.15) is 54.1 Å². The number of piperidine rings is 1. The van der Waals surface area contributed by atoms with Crippen molar-refractivity contribution in [3.05, 3.63) is 59.7 Å². The lowest BCUT2D eigenvalue weighted by molar-refractivity contribution is -0.121. The molecule has 1 aromatic carbocycles. The highest BCUT2D eigenvalue weighted by Gasteiger charge is 2.32. The average Bonchev–Trinajstić information content (AvgIpc) is 3.71. The Morgan fingerprint density at radius 2 is 2.00 bits per heavy atom. The molecule has 12 heteroatoms. The third-order valence-corrected chi connectivity index (χ3v) is 8.46. The number of primary amides is 1. The largest absolute Gasteiger partial charge is 0.482 e. The van der Waals surface area contributed by atoms with Gasteiger partial charge in [-0.05, 0) is 68.3 Å². The van der Waals surface area contributed by atoms with Crippen LogP contribution in [-0.2, 0) is 17.8 Å². The fourth-order valence-corrected chi connectivity index (χ4v) is 6.12. The Bertz CT molecular complexity index is 1700. The lowest BCUT2D eigenvalue weighted by atomic mass is 9.92. The zero-order valence-electron chi connectivity index (χ0n) is 23.2. The predicted octanol–water partition coefficient (Wildman–Crippen LogP) is 3.17. The Labute approximate surface area is 241 Å². The number of nitrogens with two attached hydrogens (primary N) is 1. The number of carbonyl (C=O) groups excluding carboxylic acids is 2. The summed E-state index contributed by atoms with van der Waals surface area (Å²) in [5.74, 6) is 0.259. The number of aromatic nitrogens is 5. The van der Waals surface area contributed by atoms with Crippen molar-refractivity contribution in [3.63, 3.8) is 0 Å². The van der Waals surface area contributed by atoms with Crippen LogP contribution < -0.4 is 20.7 Å². The molecule has 2 fully saturated rings. The van der Waals surface area contributed by atoms with Gasteiger partial charge in [-0.1, -0.05) is 13.0 Å². The summed E-state index contributed by atoms with van der Waals surface area (Å²) >= 11 is 0. The molecule has 2 amide bonds. The summed E-state index contributed by atoms with van der Waals surface area (Å²) in [6.07, 6.45) is 7.73. The Morgan fingerprint density at radius 3 is 2.74 bits per heavy atom. The SMILES string of the molecule is C[C@@H]1CNCC[C@H]1n1ncc2c(-c3ccc4c(c3)OCC(=O)N4Cc3ncc(F)cn3)c(C(N)=O)c(CC3CC3)nc21. The number of pyridine rings is 1. The molecule has 2 atom stereocenters. The van der Waals surface area contributed by atoms with Crippen LogP contribution in [0.4, 0.5) is 10.1 Å². The van der Waals surface area contributed by atoms with Crippen molar-refractivity contribution in [1.82, 2.24) is 30.0 Å². The molecule has 0 unspecified atom stereocenters. The molecule has 3 N–H and O–H groups in total. The molecule has 1 saturated heterocycles. The van der Waals surface area contributed by atoms with E-state index in [4.69, 9.17) is 20.6 Å². The maximum Gasteiger partial charge on any atom is 0.265 e. The van der Waals surface area contributed by atoms with Crippen molar-refractivity contribution >= 4 is 28.5 Å². The van der Waals surface area contributed by atoms with Gasteiger partial charge in [0.15, 0.2) is 18.1 Å². The number of rotatable bonds is 7. The number of nitrogens with one attached hydrogen (secondary N) is 1. The molecule has 4 aromatic rings. The number of benzene rings is 1. The van der Waals surface area contributed by atoms with Gasteiger partial charge in [-0.15, -0.1) is 0 Å². The highest BCUT2D eigenvalue weighted by atomic mass is 19.1. The minimum Gasteiger partial charge on any atom is -0.482 e. The Balaban J connectivity index is 1.36. The summed E-state index contributed by atoms with van der Waals surface area (Å²) < 4.78 is 21.2. The van der Waals surface area contributed by atoms with Crippen LogP contribution >= 0.6 is 0 Å². The van der Waals surface area contributed by atoms with Crippen molar-refractivity contribution in [3.8, 4) is 16.9 Å². The molecule has 7 rings (SSSR count). The van der Waals surface area contributed by atoms with Gasteiger partial charge in [0.1, 0.15) is 11.6 Å². The molecule has 1 saturated carbocycles. The second-order valence-corrected chi connectivity index (χ2v) is 11.5. The summed E-state index contributed by atoms with van der Waals surface area (Å²) in [5, 5.41) is 9.00. The van der Waals surface area contributed by atoms with Gasteiger partial charge in [0, 0.05) is 10.9 Å². The van der Waals surface area contributed by atoms with E-state index < -0.39 is 11.7 Å². The minimum absolute atomic E-state index is 0.0631. The molecular weight excluding hydrogens is 539 g/mol. The van der Waals surface area contributed by atoms with Crippen LogP contribution in [0.15, 0.2) is 36.8 Å². The fourth-order valence-electron chi connectivity index (χ4n) is 6.12. The van der Waals surface area contributed by atoms with Gasteiger partial charge in [0.25, 0.3) is 11.8 Å². The van der Waals surface area contributed by atoms with Gasteiger partial charge < -0.3 is 15.8 Å². The lowest BCUT2D eigenvalue weighted by Gasteiger charge is -2.30. The van der Waals surface area contributed by atoms with Crippen LogP contribution in [0.3, 0.4) is 0 Å². The smallest absolute Gasteiger partial charge is 0.265 e. The van der Waals surface area contributed by atoms with E-state index in [1.807, 2.05) is 16.8 Å². The van der Waals surface area contributed by atoms with Crippen LogP contribution in [-0.4, -0.2) is 56.2 Å². The Kier molecular flexibility index (Phi) is 6.57. The molecule has 1 aliphatic carbocycles. The summed E-state index contributed by atoms with van der Waals surface area (Å²) in [6.45, 7) is 3.89. The van der Waals surface area contributed by atoms with E-state index in [1.54, 1.807) is 12.3 Å². The first-order chi connectivity index (χ1) is 20.4. The summed E-state index contributed by atoms with van der Waals surface area (Å²) in [5.41, 5.74) is 9.81. The van der Waals surface area contributed by atoms with E-state index in [0.29, 0.717) is 52.3 Å². The monoisotopic (exact) mass is 570 g/mol. The van der Waals surface area contributed by atoms with Gasteiger partial charge in [-0.3, -0.25) is 14.5 Å². The van der Waals surface area contributed by atoms with Gasteiger partial charge in [-0.25, -0.2) is 24.0 Å². The highest BCUT2D eigenvalue weighted by Crippen LogP contribution is 2.42. The molecule has 11 nitrogen and oxygen atoms in total. The van der Waals surface area contributed by atoms with Gasteiger partial charge in [0.2, 0.25) is 0 Å². The predicted molar refractivity (Wildman–Crippen MR) is 152 cm³/mol. The zero-order chi connectivity index (χ0) is 29.0. The summed E-state index contributed by atoms with van der Waals surface area (Å²) in [7, 11) is 0. The number of amides is 2. The molecule has 0 spiro atoms. The second kappa shape index (κ2) is 10.4. The van der Waals surface area contributed by atoms with Crippen molar-refractivity contribution in [2.75, 3.05) is 24.6 Å². The van der Waals surface area contributed by atoms with Crippen LogP contribution in [0.2, 0.25) is 0 Å². The molecule has 42 heavy (non-hydrogen) atoms. The summed E-state index contributed by atoms with van der Waals surface area (Å²) in [4.78, 5) is 40.4. The molecule has 2 aliphatic heterocycles. The first kappa shape index (κ1) is 26.4. The number of carbonyl (C=O) groups is 2. The number of fused-ring (bicyclic) bond motifs is 2. The third kappa shape index (κ3) is 4.75. The Hall–Kier alpha value is -4.45. The van der Waals surface area contributed by atoms with Crippen molar-refractivity contribution in [2.24, 2.45) is 17.6 Å². The number of ether oxygens (including phenoxy) is 1. The first-order valence-corrected chi connectivity index (χ1v) is 14.3. The summed E-state index contributed by atoms with van der Waals surface area (Å²) in [6, 6.07) is 5.64. The topological polar surface area (TPSA) is 141 Å². The van der Waals surface area contributed by atoms with E-state index in [0.717, 1.165) is 61.3 Å². The molecule has 0 bridgehead atoms. The van der Waals surface area contributed by atoms with E-state index >= 15 is 0 Å². The number of nitrogens with zero attached hydrogens (tertiary/aromatic N) is 6. The van der Waals surface area contributed by atoms with Crippen LogP contribution in [0.25, 0.3) is 22.2 Å². The average molecular weight is 571 g/mol. The zero-order valence-corrected chi connectivity index (χ0v) is 23.2. The number of halogens is 1. The van der Waals surface area contributed by atoms with Gasteiger partial charge in [-0.2, -0.15) is 5.10 Å².